The third-order valence-electron chi connectivity index (χ3n) is 3.63. The van der Waals surface area contributed by atoms with Crippen molar-refractivity contribution in [3.05, 3.63) is 11.5 Å². The summed E-state index contributed by atoms with van der Waals surface area (Å²) in [5.74, 6) is 2.19. The topological polar surface area (TPSA) is 35.6 Å². The number of aromatic nitrogens is 4. The van der Waals surface area contributed by atoms with Crippen LogP contribution in [0.15, 0.2) is 0 Å². The van der Waals surface area contributed by atoms with Gasteiger partial charge in [0.25, 0.3) is 0 Å². The maximum atomic E-state index is 6.01. The zero-order valence-electron chi connectivity index (χ0n) is 10.4. The van der Waals surface area contributed by atoms with Crippen molar-refractivity contribution in [3.8, 4) is 0 Å². The van der Waals surface area contributed by atoms with E-state index in [1.54, 1.807) is 0 Å². The Morgan fingerprint density at radius 1 is 1.47 bits per heavy atom. The molecule has 3 rings (SSSR count). The van der Waals surface area contributed by atoms with E-state index in [1.165, 1.54) is 6.42 Å². The maximum Gasteiger partial charge on any atom is 0.159 e. The Morgan fingerprint density at radius 3 is 2.71 bits per heavy atom. The molecule has 2 aromatic heterocycles. The number of halogens is 1. The second-order valence-electron chi connectivity index (χ2n) is 4.89. The lowest BCUT2D eigenvalue weighted by molar-refractivity contribution is 0.611. The van der Waals surface area contributed by atoms with Gasteiger partial charge in [0.05, 0.1) is 11.6 Å². The summed E-state index contributed by atoms with van der Waals surface area (Å²) in [5.41, 5.74) is 3.16. The van der Waals surface area contributed by atoms with E-state index in [1.807, 2.05) is 11.6 Å². The molecule has 1 aliphatic rings. The van der Waals surface area contributed by atoms with Crippen molar-refractivity contribution in [2.24, 2.45) is 5.92 Å². The number of fused-ring (bicyclic) bond motifs is 1. The highest BCUT2D eigenvalue weighted by Gasteiger charge is 2.38. The molecule has 17 heavy (non-hydrogen) atoms. The van der Waals surface area contributed by atoms with Gasteiger partial charge in [-0.2, -0.15) is 5.10 Å². The van der Waals surface area contributed by atoms with E-state index in [0.29, 0.717) is 11.9 Å². The van der Waals surface area contributed by atoms with Crippen molar-refractivity contribution in [2.75, 3.05) is 0 Å². The van der Waals surface area contributed by atoms with Crippen molar-refractivity contribution in [3.63, 3.8) is 0 Å². The second kappa shape index (κ2) is 3.73. The van der Waals surface area contributed by atoms with E-state index in [0.717, 1.165) is 35.1 Å². The molecule has 0 bridgehead atoms. The average Bonchev–Trinajstić information content (AvgIpc) is 2.80. The predicted molar refractivity (Wildman–Crippen MR) is 68.3 cm³/mol. The Kier molecular flexibility index (Phi) is 2.43. The van der Waals surface area contributed by atoms with Crippen LogP contribution in [0.25, 0.3) is 11.2 Å². The van der Waals surface area contributed by atoms with E-state index in [9.17, 15) is 0 Å². The lowest BCUT2D eigenvalue weighted by Gasteiger charge is -2.07. The molecule has 0 aromatic carbocycles. The number of alkyl halides is 1. The normalized spacial score (nSPS) is 23.5. The molecule has 5 heteroatoms. The molecule has 0 aliphatic heterocycles. The number of aryl methyl sites for hydroxylation is 2. The van der Waals surface area contributed by atoms with E-state index >= 15 is 0 Å². The summed E-state index contributed by atoms with van der Waals surface area (Å²) in [5, 5.41) is 4.53. The maximum absolute atomic E-state index is 6.01. The fourth-order valence-corrected chi connectivity index (χ4v) is 2.75. The Balaban J connectivity index is 2.28. The van der Waals surface area contributed by atoms with Crippen LogP contribution >= 0.6 is 11.6 Å². The average molecular weight is 253 g/mol. The molecule has 0 N–H and O–H groups in total. The minimum absolute atomic E-state index is 0.473. The third-order valence-corrected chi connectivity index (χ3v) is 3.87. The summed E-state index contributed by atoms with van der Waals surface area (Å²) in [6.45, 7) is 7.27. The Morgan fingerprint density at radius 2 is 2.18 bits per heavy atom. The zero-order chi connectivity index (χ0) is 12.2. The Bertz CT molecular complexity index is 569. The largest absolute Gasteiger partial charge is 0.308 e. The van der Waals surface area contributed by atoms with Crippen LogP contribution < -0.4 is 0 Å². The summed E-state index contributed by atoms with van der Waals surface area (Å²) >= 11 is 6.01. The first kappa shape index (κ1) is 11.1. The first-order valence-electron chi connectivity index (χ1n) is 6.17. The zero-order valence-corrected chi connectivity index (χ0v) is 11.2. The SMILES string of the molecule is CCn1nc(C)c2nc(CCl)n(C3CC3C)c21. The fourth-order valence-electron chi connectivity index (χ4n) is 2.56. The molecule has 0 radical (unpaired) electrons. The first-order valence-corrected chi connectivity index (χ1v) is 6.71. The molecule has 1 aliphatic carbocycles. The summed E-state index contributed by atoms with van der Waals surface area (Å²) in [4.78, 5) is 4.64. The van der Waals surface area contributed by atoms with Gasteiger partial charge in [-0.25, -0.2) is 9.67 Å². The fraction of sp³-hybridized carbons (Fsp3) is 0.667. The minimum atomic E-state index is 0.473. The van der Waals surface area contributed by atoms with Crippen molar-refractivity contribution in [2.45, 2.75) is 45.7 Å². The lowest BCUT2D eigenvalue weighted by Crippen LogP contribution is -2.07. The first-order chi connectivity index (χ1) is 8.17. The molecule has 0 spiro atoms. The van der Waals surface area contributed by atoms with Gasteiger partial charge in [-0.05, 0) is 26.2 Å². The van der Waals surface area contributed by atoms with Crippen LogP contribution in [0, 0.1) is 12.8 Å². The summed E-state index contributed by atoms with van der Waals surface area (Å²) < 4.78 is 4.34. The summed E-state index contributed by atoms with van der Waals surface area (Å²) in [6, 6.07) is 0.565. The van der Waals surface area contributed by atoms with E-state index in [2.05, 4.69) is 28.5 Å². The highest BCUT2D eigenvalue weighted by molar-refractivity contribution is 6.16. The number of nitrogens with zero attached hydrogens (tertiary/aromatic N) is 4. The van der Waals surface area contributed by atoms with Gasteiger partial charge in [-0.1, -0.05) is 6.92 Å². The van der Waals surface area contributed by atoms with Crippen molar-refractivity contribution in [1.82, 2.24) is 19.3 Å². The van der Waals surface area contributed by atoms with Gasteiger partial charge < -0.3 is 4.57 Å². The van der Waals surface area contributed by atoms with Gasteiger partial charge in [-0.3, -0.25) is 0 Å². The second-order valence-corrected chi connectivity index (χ2v) is 5.15. The molecule has 2 aromatic rings. The van der Waals surface area contributed by atoms with Crippen LogP contribution in [-0.2, 0) is 12.4 Å². The molecule has 4 nitrogen and oxygen atoms in total. The molecule has 1 saturated carbocycles. The molecule has 92 valence electrons. The van der Waals surface area contributed by atoms with Crippen LogP contribution in [0.2, 0.25) is 0 Å². The number of hydrogen-bond donors (Lipinski definition) is 0. The molecular weight excluding hydrogens is 236 g/mol. The van der Waals surface area contributed by atoms with Gasteiger partial charge in [0.1, 0.15) is 11.3 Å². The molecule has 2 atom stereocenters. The Labute approximate surface area is 106 Å². The highest BCUT2D eigenvalue weighted by atomic mass is 35.5. The van der Waals surface area contributed by atoms with Gasteiger partial charge in [-0.15, -0.1) is 11.6 Å². The number of hydrogen-bond acceptors (Lipinski definition) is 2. The van der Waals surface area contributed by atoms with Crippen molar-refractivity contribution in [1.29, 1.82) is 0 Å². The van der Waals surface area contributed by atoms with Crippen LogP contribution in [0.1, 0.15) is 37.8 Å². The highest BCUT2D eigenvalue weighted by Crippen LogP contribution is 2.45. The van der Waals surface area contributed by atoms with Gasteiger partial charge in [0, 0.05) is 12.6 Å². The molecule has 2 heterocycles. The molecule has 2 unspecified atom stereocenters. The molecule has 0 saturated heterocycles. The van der Waals surface area contributed by atoms with Gasteiger partial charge >= 0.3 is 0 Å². The van der Waals surface area contributed by atoms with Crippen LogP contribution in [0.4, 0.5) is 0 Å². The Hall–Kier alpha value is -1.03. The summed E-state index contributed by atoms with van der Waals surface area (Å²) in [6.07, 6.45) is 1.23. The van der Waals surface area contributed by atoms with E-state index in [-0.39, 0.29) is 0 Å². The standard InChI is InChI=1S/C12H17ClN4/c1-4-16-12-11(8(3)15-16)14-10(6-13)17(12)9-5-7(9)2/h7,9H,4-6H2,1-3H3. The van der Waals surface area contributed by atoms with E-state index in [4.69, 9.17) is 11.6 Å². The smallest absolute Gasteiger partial charge is 0.159 e. The van der Waals surface area contributed by atoms with E-state index < -0.39 is 0 Å². The minimum Gasteiger partial charge on any atom is -0.308 e. The number of rotatable bonds is 3. The van der Waals surface area contributed by atoms with Crippen molar-refractivity contribution >= 4 is 22.8 Å². The van der Waals surface area contributed by atoms with Crippen molar-refractivity contribution < 1.29 is 0 Å². The molecular formula is C12H17ClN4. The van der Waals surface area contributed by atoms with Crippen LogP contribution in [0.3, 0.4) is 0 Å². The third kappa shape index (κ3) is 1.50. The molecule has 1 fully saturated rings. The lowest BCUT2D eigenvalue weighted by atomic mass is 10.4. The van der Waals surface area contributed by atoms with Gasteiger partial charge in [0.2, 0.25) is 0 Å². The molecule has 0 amide bonds. The predicted octanol–water partition coefficient (Wildman–Crippen LogP) is 2.88. The summed E-state index contributed by atoms with van der Waals surface area (Å²) in [7, 11) is 0. The van der Waals surface area contributed by atoms with Gasteiger partial charge in [0.15, 0.2) is 5.65 Å². The monoisotopic (exact) mass is 252 g/mol. The quantitative estimate of drug-likeness (QED) is 0.788. The van der Waals surface area contributed by atoms with Crippen LogP contribution in [0.5, 0.6) is 0 Å². The number of imidazole rings is 1. The van der Waals surface area contributed by atoms with Crippen LogP contribution in [-0.4, -0.2) is 19.3 Å².